The number of nitrogens with one attached hydrogen (secondary N) is 2. The zero-order valence-electron chi connectivity index (χ0n) is 12.4. The number of nitrogens with zero attached hydrogens (tertiary/aromatic N) is 1. The first-order chi connectivity index (χ1) is 11.7. The van der Waals surface area contributed by atoms with Crippen LogP contribution >= 0.6 is 23.1 Å². The van der Waals surface area contributed by atoms with E-state index in [0.29, 0.717) is 10.8 Å². The third-order valence-electron chi connectivity index (χ3n) is 2.91. The Bertz CT molecular complexity index is 800. The van der Waals surface area contributed by atoms with E-state index < -0.39 is 0 Å². The summed E-state index contributed by atoms with van der Waals surface area (Å²) in [4.78, 5) is 28.6. The summed E-state index contributed by atoms with van der Waals surface area (Å²) < 4.78 is 5.03. The van der Waals surface area contributed by atoms with Gasteiger partial charge < -0.3 is 15.1 Å². The Morgan fingerprint density at radius 1 is 1.17 bits per heavy atom. The minimum atomic E-state index is -0.303. The highest BCUT2D eigenvalue weighted by Gasteiger charge is 2.09. The number of carbonyl (C=O) groups excluding carboxylic acids is 2. The predicted octanol–water partition coefficient (Wildman–Crippen LogP) is 3.72. The molecule has 0 aliphatic rings. The molecule has 0 aliphatic carbocycles. The lowest BCUT2D eigenvalue weighted by Gasteiger charge is -2.05. The van der Waals surface area contributed by atoms with Crippen molar-refractivity contribution >= 4 is 45.7 Å². The molecule has 2 amide bonds. The van der Waals surface area contributed by atoms with Gasteiger partial charge in [0, 0.05) is 22.2 Å². The van der Waals surface area contributed by atoms with Crippen molar-refractivity contribution < 1.29 is 14.0 Å². The van der Waals surface area contributed by atoms with Gasteiger partial charge in [-0.25, -0.2) is 4.98 Å². The summed E-state index contributed by atoms with van der Waals surface area (Å²) in [7, 11) is 0. The molecule has 6 nitrogen and oxygen atoms in total. The van der Waals surface area contributed by atoms with Gasteiger partial charge in [-0.2, -0.15) is 0 Å². The highest BCUT2D eigenvalue weighted by atomic mass is 32.2. The molecular weight excluding hydrogens is 346 g/mol. The van der Waals surface area contributed by atoms with Gasteiger partial charge in [-0.1, -0.05) is 0 Å². The molecule has 0 bridgehead atoms. The van der Waals surface area contributed by atoms with Crippen LogP contribution in [0.3, 0.4) is 0 Å². The zero-order chi connectivity index (χ0) is 16.8. The van der Waals surface area contributed by atoms with Gasteiger partial charge in [0.05, 0.1) is 12.0 Å². The van der Waals surface area contributed by atoms with E-state index in [0.717, 1.165) is 4.90 Å². The molecule has 0 saturated carbocycles. The first-order valence-corrected chi connectivity index (χ1v) is 8.84. The second-order valence-corrected chi connectivity index (χ2v) is 6.57. The van der Waals surface area contributed by atoms with Crippen molar-refractivity contribution in [2.45, 2.75) is 4.90 Å². The first-order valence-electron chi connectivity index (χ1n) is 6.98. The summed E-state index contributed by atoms with van der Waals surface area (Å²) in [5.74, 6) is 0.137. The minimum Gasteiger partial charge on any atom is -0.459 e. The maximum atomic E-state index is 11.9. The number of thioether (sulfide) groups is 1. The lowest BCUT2D eigenvalue weighted by molar-refractivity contribution is -0.113. The van der Waals surface area contributed by atoms with E-state index in [2.05, 4.69) is 15.6 Å². The minimum absolute atomic E-state index is 0.106. The number of benzene rings is 1. The van der Waals surface area contributed by atoms with Crippen LogP contribution in [0.2, 0.25) is 0 Å². The fourth-order valence-electron chi connectivity index (χ4n) is 1.82. The third kappa shape index (κ3) is 4.46. The molecule has 0 aliphatic heterocycles. The van der Waals surface area contributed by atoms with Crippen LogP contribution in [0.25, 0.3) is 0 Å². The van der Waals surface area contributed by atoms with E-state index in [4.69, 9.17) is 4.42 Å². The van der Waals surface area contributed by atoms with Crippen LogP contribution in [0.4, 0.5) is 10.8 Å². The number of thiazole rings is 1. The van der Waals surface area contributed by atoms with E-state index in [-0.39, 0.29) is 23.3 Å². The molecule has 0 fully saturated rings. The molecule has 1 aromatic carbocycles. The van der Waals surface area contributed by atoms with E-state index in [1.807, 2.05) is 12.1 Å². The average molecular weight is 359 g/mol. The van der Waals surface area contributed by atoms with Crippen LogP contribution in [-0.4, -0.2) is 22.6 Å². The van der Waals surface area contributed by atoms with E-state index in [1.54, 1.807) is 35.8 Å². The SMILES string of the molecule is O=C(CSc1ccc(NC(=O)c2ccco2)cc1)Nc1nccs1. The number of furan rings is 1. The van der Waals surface area contributed by atoms with Crippen LogP contribution in [0.15, 0.2) is 63.6 Å². The molecule has 122 valence electrons. The standard InChI is InChI=1S/C16H13N3O3S2/c20-14(19-16-17-7-9-23-16)10-24-12-5-3-11(4-6-12)18-15(21)13-2-1-8-22-13/h1-9H,10H2,(H,18,21)(H,17,19,20). The number of carbonyl (C=O) groups is 2. The summed E-state index contributed by atoms with van der Waals surface area (Å²) in [5, 5.41) is 7.86. The van der Waals surface area contributed by atoms with Crippen molar-refractivity contribution in [3.8, 4) is 0 Å². The van der Waals surface area contributed by atoms with Crippen molar-refractivity contribution in [2.24, 2.45) is 0 Å². The molecule has 0 unspecified atom stereocenters. The van der Waals surface area contributed by atoms with Crippen molar-refractivity contribution in [1.82, 2.24) is 4.98 Å². The van der Waals surface area contributed by atoms with Gasteiger partial charge in [0.25, 0.3) is 5.91 Å². The molecule has 8 heteroatoms. The normalized spacial score (nSPS) is 10.3. The number of hydrogen-bond donors (Lipinski definition) is 2. The summed E-state index contributed by atoms with van der Waals surface area (Å²) in [5.41, 5.74) is 0.660. The van der Waals surface area contributed by atoms with Gasteiger partial charge in [-0.05, 0) is 36.4 Å². The van der Waals surface area contributed by atoms with Crippen LogP contribution in [-0.2, 0) is 4.79 Å². The number of amides is 2. The van der Waals surface area contributed by atoms with E-state index in [9.17, 15) is 9.59 Å². The summed E-state index contributed by atoms with van der Waals surface area (Å²) >= 11 is 2.79. The fraction of sp³-hybridized carbons (Fsp3) is 0.0625. The third-order valence-corrected chi connectivity index (χ3v) is 4.61. The van der Waals surface area contributed by atoms with Crippen LogP contribution in [0.5, 0.6) is 0 Å². The summed E-state index contributed by atoms with van der Waals surface area (Å²) in [6.45, 7) is 0. The van der Waals surface area contributed by atoms with Crippen LogP contribution in [0.1, 0.15) is 10.6 Å². The van der Waals surface area contributed by atoms with Gasteiger partial charge in [0.2, 0.25) is 5.91 Å². The van der Waals surface area contributed by atoms with Crippen LogP contribution < -0.4 is 10.6 Å². The number of rotatable bonds is 6. The van der Waals surface area contributed by atoms with Gasteiger partial charge >= 0.3 is 0 Å². The molecule has 3 aromatic rings. The second kappa shape index (κ2) is 7.80. The second-order valence-electron chi connectivity index (χ2n) is 4.63. The molecule has 2 heterocycles. The van der Waals surface area contributed by atoms with Crippen LogP contribution in [0, 0.1) is 0 Å². The Balaban J connectivity index is 1.49. The average Bonchev–Trinajstić information content (AvgIpc) is 3.28. The fourth-order valence-corrected chi connectivity index (χ4v) is 3.07. The Kier molecular flexibility index (Phi) is 5.29. The number of anilines is 2. The zero-order valence-corrected chi connectivity index (χ0v) is 14.0. The molecular formula is C16H13N3O3S2. The highest BCUT2D eigenvalue weighted by molar-refractivity contribution is 8.00. The number of aromatic nitrogens is 1. The molecule has 3 rings (SSSR count). The van der Waals surface area contributed by atoms with Gasteiger partial charge in [0.1, 0.15) is 0 Å². The lowest BCUT2D eigenvalue weighted by Crippen LogP contribution is -2.13. The Labute approximate surface area is 146 Å². The van der Waals surface area contributed by atoms with E-state index >= 15 is 0 Å². The quantitative estimate of drug-likeness (QED) is 0.655. The highest BCUT2D eigenvalue weighted by Crippen LogP contribution is 2.21. The van der Waals surface area contributed by atoms with E-state index in [1.165, 1.54) is 29.4 Å². The largest absolute Gasteiger partial charge is 0.459 e. The maximum absolute atomic E-state index is 11.9. The summed E-state index contributed by atoms with van der Waals surface area (Å²) in [6, 6.07) is 10.5. The molecule has 0 radical (unpaired) electrons. The summed E-state index contributed by atoms with van der Waals surface area (Å²) in [6.07, 6.45) is 3.09. The number of hydrogen-bond acceptors (Lipinski definition) is 6. The monoisotopic (exact) mass is 359 g/mol. The Morgan fingerprint density at radius 3 is 2.67 bits per heavy atom. The van der Waals surface area contributed by atoms with Crippen molar-refractivity contribution in [3.63, 3.8) is 0 Å². The maximum Gasteiger partial charge on any atom is 0.291 e. The topological polar surface area (TPSA) is 84.2 Å². The Morgan fingerprint density at radius 2 is 2.00 bits per heavy atom. The predicted molar refractivity (Wildman–Crippen MR) is 94.6 cm³/mol. The molecule has 2 N–H and O–H groups in total. The molecule has 2 aromatic heterocycles. The van der Waals surface area contributed by atoms with Gasteiger partial charge in [-0.15, -0.1) is 23.1 Å². The van der Waals surface area contributed by atoms with Gasteiger partial charge in [0.15, 0.2) is 10.9 Å². The van der Waals surface area contributed by atoms with Crippen molar-refractivity contribution in [3.05, 3.63) is 60.0 Å². The first kappa shape index (κ1) is 16.3. The lowest BCUT2D eigenvalue weighted by atomic mass is 10.3. The molecule has 0 saturated heterocycles. The van der Waals surface area contributed by atoms with Crippen molar-refractivity contribution in [2.75, 3.05) is 16.4 Å². The molecule has 0 spiro atoms. The van der Waals surface area contributed by atoms with Gasteiger partial charge in [-0.3, -0.25) is 9.59 Å². The van der Waals surface area contributed by atoms with Crippen molar-refractivity contribution in [1.29, 1.82) is 0 Å². The molecule has 0 atom stereocenters. The molecule has 24 heavy (non-hydrogen) atoms. The smallest absolute Gasteiger partial charge is 0.291 e. The Hall–Kier alpha value is -2.58.